The Morgan fingerprint density at radius 3 is 2.69 bits per heavy atom. The van der Waals surface area contributed by atoms with E-state index in [0.29, 0.717) is 29.9 Å². The fourth-order valence-electron chi connectivity index (χ4n) is 4.83. The monoisotopic (exact) mass is 490 g/mol. The van der Waals surface area contributed by atoms with Crippen LogP contribution in [0.5, 0.6) is 0 Å². The Balaban J connectivity index is 1.19. The molecule has 2 aromatic heterocycles. The summed E-state index contributed by atoms with van der Waals surface area (Å²) >= 11 is 5.88. The lowest BCUT2D eigenvalue weighted by molar-refractivity contribution is 0.143. The largest absolute Gasteiger partial charge is 0.339 e. The van der Waals surface area contributed by atoms with Crippen LogP contribution in [-0.2, 0) is 13.2 Å². The number of hydrogen-bond acceptors (Lipinski definition) is 6. The van der Waals surface area contributed by atoms with E-state index in [1.54, 1.807) is 12.1 Å². The first-order valence-corrected chi connectivity index (χ1v) is 12.6. The van der Waals surface area contributed by atoms with Crippen molar-refractivity contribution >= 4 is 12.2 Å². The highest BCUT2D eigenvalue weighted by molar-refractivity contribution is 7.71. The molecular formula is C26H27FN6OS. The van der Waals surface area contributed by atoms with Crippen LogP contribution in [-0.4, -0.2) is 42.5 Å². The number of rotatable bonds is 7. The van der Waals surface area contributed by atoms with E-state index in [2.05, 4.69) is 43.9 Å². The molecule has 1 aliphatic carbocycles. The SMILES string of the molecule is Fc1cccc(-c2noc(C3CCCN(Cn4nc(C5CC5)n(Cc5ccccc5)c4=S)C3)n2)c1. The fourth-order valence-corrected chi connectivity index (χ4v) is 5.09. The standard InChI is InChI=1S/C26H27FN6OS/c27-22-10-4-8-20(14-22)23-28-25(34-30-23)21-9-5-13-31(16-21)17-33-26(35)32(24(29-33)19-11-12-19)15-18-6-2-1-3-7-18/h1-4,6-8,10,14,19,21H,5,9,11-13,15-17H2. The molecule has 1 saturated carbocycles. The van der Waals surface area contributed by atoms with Gasteiger partial charge in [-0.2, -0.15) is 10.1 Å². The molecule has 0 amide bonds. The van der Waals surface area contributed by atoms with Gasteiger partial charge in [0.1, 0.15) is 11.6 Å². The lowest BCUT2D eigenvalue weighted by Crippen LogP contribution is -2.36. The van der Waals surface area contributed by atoms with E-state index >= 15 is 0 Å². The molecule has 0 N–H and O–H groups in total. The summed E-state index contributed by atoms with van der Waals surface area (Å²) in [7, 11) is 0. The Bertz CT molecular complexity index is 1380. The third-order valence-corrected chi connectivity index (χ3v) is 7.22. The molecule has 9 heteroatoms. The molecule has 0 radical (unpaired) electrons. The Kier molecular flexibility index (Phi) is 6.03. The summed E-state index contributed by atoms with van der Waals surface area (Å²) in [4.78, 5) is 6.94. The van der Waals surface area contributed by atoms with Gasteiger partial charge in [0.2, 0.25) is 11.7 Å². The van der Waals surface area contributed by atoms with E-state index in [1.165, 1.54) is 30.5 Å². The molecule has 6 rings (SSSR count). The van der Waals surface area contributed by atoms with Crippen molar-refractivity contribution in [3.8, 4) is 11.4 Å². The summed E-state index contributed by atoms with van der Waals surface area (Å²) in [5.41, 5.74) is 1.85. The maximum atomic E-state index is 13.6. The highest BCUT2D eigenvalue weighted by Gasteiger charge is 2.31. The van der Waals surface area contributed by atoms with Crippen LogP contribution in [0.1, 0.15) is 54.8 Å². The molecule has 35 heavy (non-hydrogen) atoms. The zero-order valence-electron chi connectivity index (χ0n) is 19.4. The number of halogens is 1. The van der Waals surface area contributed by atoms with Gasteiger partial charge in [0.15, 0.2) is 4.77 Å². The van der Waals surface area contributed by atoms with Gasteiger partial charge >= 0.3 is 0 Å². The molecule has 3 heterocycles. The maximum Gasteiger partial charge on any atom is 0.231 e. The van der Waals surface area contributed by atoms with Gasteiger partial charge in [-0.25, -0.2) is 9.07 Å². The Labute approximate surface area is 208 Å². The summed E-state index contributed by atoms with van der Waals surface area (Å²) in [6.07, 6.45) is 4.35. The molecule has 2 aromatic carbocycles. The van der Waals surface area contributed by atoms with Crippen molar-refractivity contribution in [3.63, 3.8) is 0 Å². The predicted molar refractivity (Wildman–Crippen MR) is 132 cm³/mol. The van der Waals surface area contributed by atoms with Crippen molar-refractivity contribution in [1.29, 1.82) is 0 Å². The van der Waals surface area contributed by atoms with Crippen LogP contribution >= 0.6 is 12.2 Å². The minimum atomic E-state index is -0.313. The average molecular weight is 491 g/mol. The third-order valence-electron chi connectivity index (χ3n) is 6.79. The van der Waals surface area contributed by atoms with Crippen LogP contribution in [0.25, 0.3) is 11.4 Å². The van der Waals surface area contributed by atoms with Gasteiger partial charge in [0.25, 0.3) is 0 Å². The van der Waals surface area contributed by atoms with E-state index in [0.717, 1.165) is 43.1 Å². The van der Waals surface area contributed by atoms with E-state index in [4.69, 9.17) is 21.8 Å². The van der Waals surface area contributed by atoms with Crippen LogP contribution < -0.4 is 0 Å². The first-order chi connectivity index (χ1) is 17.1. The number of nitrogens with zero attached hydrogens (tertiary/aromatic N) is 6. The zero-order valence-corrected chi connectivity index (χ0v) is 20.2. The number of aromatic nitrogens is 5. The van der Waals surface area contributed by atoms with Gasteiger partial charge in [-0.1, -0.05) is 47.6 Å². The molecule has 7 nitrogen and oxygen atoms in total. The molecule has 0 spiro atoms. The van der Waals surface area contributed by atoms with Gasteiger partial charge in [-0.3, -0.25) is 9.47 Å². The Morgan fingerprint density at radius 2 is 1.89 bits per heavy atom. The molecule has 180 valence electrons. The van der Waals surface area contributed by atoms with Crippen molar-refractivity contribution in [3.05, 3.63) is 82.5 Å². The Morgan fingerprint density at radius 1 is 1.03 bits per heavy atom. The van der Waals surface area contributed by atoms with Crippen molar-refractivity contribution in [2.24, 2.45) is 0 Å². The van der Waals surface area contributed by atoms with Gasteiger partial charge in [0.05, 0.1) is 19.1 Å². The first kappa shape index (κ1) is 22.3. The lowest BCUT2D eigenvalue weighted by atomic mass is 9.98. The highest BCUT2D eigenvalue weighted by atomic mass is 32.1. The molecule has 1 aliphatic heterocycles. The fraction of sp³-hybridized carbons (Fsp3) is 0.385. The lowest BCUT2D eigenvalue weighted by Gasteiger charge is -2.30. The normalized spacial score (nSPS) is 18.7. The maximum absolute atomic E-state index is 13.6. The van der Waals surface area contributed by atoms with Crippen LogP contribution in [0.2, 0.25) is 0 Å². The first-order valence-electron chi connectivity index (χ1n) is 12.2. The molecule has 1 atom stereocenters. The minimum absolute atomic E-state index is 0.127. The summed E-state index contributed by atoms with van der Waals surface area (Å²) in [5.74, 6) is 2.45. The number of likely N-dealkylation sites (tertiary alicyclic amines) is 1. The van der Waals surface area contributed by atoms with Crippen molar-refractivity contribution in [1.82, 2.24) is 29.4 Å². The number of hydrogen-bond donors (Lipinski definition) is 0. The second-order valence-corrected chi connectivity index (χ2v) is 9.88. The van der Waals surface area contributed by atoms with E-state index in [9.17, 15) is 4.39 Å². The van der Waals surface area contributed by atoms with E-state index in [-0.39, 0.29) is 11.7 Å². The minimum Gasteiger partial charge on any atom is -0.339 e. The smallest absolute Gasteiger partial charge is 0.231 e. The second kappa shape index (κ2) is 9.47. The Hall–Kier alpha value is -3.17. The highest BCUT2D eigenvalue weighted by Crippen LogP contribution is 2.39. The second-order valence-electron chi connectivity index (χ2n) is 9.51. The summed E-state index contributed by atoms with van der Waals surface area (Å²) in [5, 5.41) is 9.06. The summed E-state index contributed by atoms with van der Waals surface area (Å²) in [6.45, 7) is 3.14. The van der Waals surface area contributed by atoms with Crippen LogP contribution in [0.3, 0.4) is 0 Å². The molecule has 2 aliphatic rings. The molecule has 0 bridgehead atoms. The van der Waals surface area contributed by atoms with Crippen LogP contribution in [0, 0.1) is 10.6 Å². The van der Waals surface area contributed by atoms with E-state index < -0.39 is 0 Å². The molecule has 1 saturated heterocycles. The molecule has 2 fully saturated rings. The molecular weight excluding hydrogens is 463 g/mol. The van der Waals surface area contributed by atoms with Crippen molar-refractivity contribution in [2.75, 3.05) is 13.1 Å². The van der Waals surface area contributed by atoms with Crippen molar-refractivity contribution in [2.45, 2.75) is 50.7 Å². The van der Waals surface area contributed by atoms with Crippen LogP contribution in [0.15, 0.2) is 59.1 Å². The average Bonchev–Trinajstić information content (AvgIpc) is 3.52. The third kappa shape index (κ3) is 4.83. The number of benzene rings is 2. The molecule has 4 aromatic rings. The van der Waals surface area contributed by atoms with Gasteiger partial charge in [-0.05, 0) is 62.1 Å². The van der Waals surface area contributed by atoms with Crippen LogP contribution in [0.4, 0.5) is 4.39 Å². The zero-order chi connectivity index (χ0) is 23.8. The van der Waals surface area contributed by atoms with Gasteiger partial charge in [-0.15, -0.1) is 0 Å². The molecule has 1 unspecified atom stereocenters. The summed E-state index contributed by atoms with van der Waals surface area (Å²) in [6, 6.07) is 16.7. The topological polar surface area (TPSA) is 64.9 Å². The van der Waals surface area contributed by atoms with E-state index in [1.807, 2.05) is 10.7 Å². The predicted octanol–water partition coefficient (Wildman–Crippen LogP) is 5.37. The number of piperidine rings is 1. The summed E-state index contributed by atoms with van der Waals surface area (Å²) < 4.78 is 24.1. The van der Waals surface area contributed by atoms with Crippen molar-refractivity contribution < 1.29 is 8.91 Å². The van der Waals surface area contributed by atoms with Gasteiger partial charge < -0.3 is 4.52 Å². The quantitative estimate of drug-likeness (QED) is 0.325. The van der Waals surface area contributed by atoms with Gasteiger partial charge in [0, 0.05) is 18.0 Å².